The Morgan fingerprint density at radius 2 is 1.18 bits per heavy atom. The van der Waals surface area contributed by atoms with Crippen molar-refractivity contribution >= 4 is 7.14 Å². The van der Waals surface area contributed by atoms with Crippen LogP contribution in [0, 0.1) is 5.92 Å². The van der Waals surface area contributed by atoms with Crippen molar-refractivity contribution in [3.8, 4) is 23.0 Å². The molecule has 0 aromatic heterocycles. The lowest BCUT2D eigenvalue weighted by atomic mass is 10.2. The van der Waals surface area contributed by atoms with E-state index in [1.165, 1.54) is 0 Å². The van der Waals surface area contributed by atoms with Gasteiger partial charge in [0.15, 0.2) is 0 Å². The van der Waals surface area contributed by atoms with E-state index in [4.69, 9.17) is 18.9 Å². The normalized spacial score (nSPS) is 11.4. The molecule has 0 unspecified atom stereocenters. The van der Waals surface area contributed by atoms with Crippen LogP contribution in [0.25, 0.3) is 0 Å². The minimum absolute atomic E-state index is 0.319. The first-order valence-electron chi connectivity index (χ1n) is 9.33. The fraction of sp³-hybridized carbons (Fsp3) is 0.455. The number of rotatable bonds is 10. The number of ether oxygens (including phenoxy) is 4. The van der Waals surface area contributed by atoms with Crippen molar-refractivity contribution in [2.45, 2.75) is 26.2 Å². The van der Waals surface area contributed by atoms with Crippen LogP contribution in [0.1, 0.15) is 25.0 Å². The van der Waals surface area contributed by atoms with E-state index in [0.29, 0.717) is 35.9 Å². The molecule has 6 heteroatoms. The van der Waals surface area contributed by atoms with Gasteiger partial charge in [0.1, 0.15) is 23.0 Å². The van der Waals surface area contributed by atoms with Gasteiger partial charge in [-0.1, -0.05) is 26.0 Å². The highest BCUT2D eigenvalue weighted by atomic mass is 31.2. The lowest BCUT2D eigenvalue weighted by Gasteiger charge is -2.23. The molecule has 0 fully saturated rings. The lowest BCUT2D eigenvalue weighted by Crippen LogP contribution is -2.06. The van der Waals surface area contributed by atoms with Crippen molar-refractivity contribution in [3.63, 3.8) is 0 Å². The Hall–Kier alpha value is -2.13. The average molecular weight is 406 g/mol. The molecule has 0 heterocycles. The molecule has 0 aliphatic carbocycles. The van der Waals surface area contributed by atoms with Gasteiger partial charge in [0.05, 0.1) is 35.6 Å². The Morgan fingerprint density at radius 1 is 0.750 bits per heavy atom. The Kier molecular flexibility index (Phi) is 7.82. The standard InChI is InChI=1S/C22H31O5P/c1-16(2)13-28(23,14-17-7-9-19(24-3)11-21(17)26-5)15-18-8-10-20(25-4)12-22(18)27-6/h7-12,16H,13-15H2,1-6H3. The fourth-order valence-electron chi connectivity index (χ4n) is 3.44. The van der Waals surface area contributed by atoms with Crippen LogP contribution in [0.2, 0.25) is 0 Å². The van der Waals surface area contributed by atoms with Crippen molar-refractivity contribution in [1.82, 2.24) is 0 Å². The van der Waals surface area contributed by atoms with Crippen molar-refractivity contribution in [2.24, 2.45) is 5.92 Å². The summed E-state index contributed by atoms with van der Waals surface area (Å²) < 4.78 is 35.6. The molecule has 28 heavy (non-hydrogen) atoms. The van der Waals surface area contributed by atoms with E-state index in [9.17, 15) is 4.57 Å². The van der Waals surface area contributed by atoms with Gasteiger partial charge in [0.2, 0.25) is 0 Å². The van der Waals surface area contributed by atoms with Gasteiger partial charge in [0, 0.05) is 41.7 Å². The van der Waals surface area contributed by atoms with Gasteiger partial charge in [-0.2, -0.15) is 0 Å². The van der Waals surface area contributed by atoms with Crippen molar-refractivity contribution in [1.29, 1.82) is 0 Å². The third-order valence-electron chi connectivity index (χ3n) is 4.60. The smallest absolute Gasteiger partial charge is 0.126 e. The van der Waals surface area contributed by atoms with Crippen LogP contribution in [-0.4, -0.2) is 34.6 Å². The number of benzene rings is 2. The first kappa shape index (κ1) is 22.2. The van der Waals surface area contributed by atoms with Crippen LogP contribution in [0.15, 0.2) is 36.4 Å². The van der Waals surface area contributed by atoms with Gasteiger partial charge in [-0.15, -0.1) is 0 Å². The first-order valence-corrected chi connectivity index (χ1v) is 11.6. The highest BCUT2D eigenvalue weighted by Gasteiger charge is 2.27. The van der Waals surface area contributed by atoms with Crippen molar-refractivity contribution in [3.05, 3.63) is 47.5 Å². The Morgan fingerprint density at radius 3 is 1.50 bits per heavy atom. The maximum atomic E-state index is 14.0. The summed E-state index contributed by atoms with van der Waals surface area (Å²) in [7, 11) is 3.90. The van der Waals surface area contributed by atoms with Gasteiger partial charge in [0.25, 0.3) is 0 Å². The second-order valence-corrected chi connectivity index (χ2v) is 10.4. The molecular formula is C22H31O5P. The molecule has 0 aliphatic heterocycles. The highest BCUT2D eigenvalue weighted by Crippen LogP contribution is 2.55. The van der Waals surface area contributed by atoms with Gasteiger partial charge >= 0.3 is 0 Å². The highest BCUT2D eigenvalue weighted by molar-refractivity contribution is 7.62. The molecular weight excluding hydrogens is 375 g/mol. The average Bonchev–Trinajstić information content (AvgIpc) is 2.67. The number of hydrogen-bond donors (Lipinski definition) is 0. The molecule has 0 saturated carbocycles. The predicted octanol–water partition coefficient (Wildman–Crippen LogP) is 5.44. The summed E-state index contributed by atoms with van der Waals surface area (Å²) >= 11 is 0. The minimum Gasteiger partial charge on any atom is -0.497 e. The zero-order valence-electron chi connectivity index (χ0n) is 17.7. The Labute approximate surface area is 168 Å². The summed E-state index contributed by atoms with van der Waals surface area (Å²) in [5.74, 6) is 3.15. The van der Waals surface area contributed by atoms with Gasteiger partial charge in [-0.3, -0.25) is 0 Å². The molecule has 0 amide bonds. The molecule has 0 bridgehead atoms. The summed E-state index contributed by atoms with van der Waals surface area (Å²) in [4.78, 5) is 0. The van der Waals surface area contributed by atoms with E-state index < -0.39 is 7.14 Å². The summed E-state index contributed by atoms with van der Waals surface area (Å²) in [5.41, 5.74) is 1.86. The van der Waals surface area contributed by atoms with E-state index in [2.05, 4.69) is 13.8 Å². The summed E-state index contributed by atoms with van der Waals surface area (Å²) in [5, 5.41) is 0. The zero-order chi connectivity index (χ0) is 20.7. The van der Waals surface area contributed by atoms with Crippen LogP contribution in [-0.2, 0) is 16.9 Å². The van der Waals surface area contributed by atoms with Crippen molar-refractivity contribution in [2.75, 3.05) is 34.6 Å². The Balaban J connectivity index is 2.38. The largest absolute Gasteiger partial charge is 0.497 e. The summed E-state index contributed by atoms with van der Waals surface area (Å²) in [6.07, 6.45) is 1.58. The van der Waals surface area contributed by atoms with Gasteiger partial charge in [-0.25, -0.2) is 0 Å². The SMILES string of the molecule is COc1ccc(CP(=O)(Cc2ccc(OC)cc2OC)CC(C)C)c(OC)c1. The molecule has 0 saturated heterocycles. The summed E-state index contributed by atoms with van der Waals surface area (Å²) in [6, 6.07) is 11.3. The molecule has 0 radical (unpaired) electrons. The van der Waals surface area contributed by atoms with Crippen LogP contribution >= 0.6 is 7.14 Å². The van der Waals surface area contributed by atoms with Crippen LogP contribution < -0.4 is 18.9 Å². The zero-order valence-corrected chi connectivity index (χ0v) is 18.5. The van der Waals surface area contributed by atoms with Crippen molar-refractivity contribution < 1.29 is 23.5 Å². The first-order chi connectivity index (χ1) is 13.3. The van der Waals surface area contributed by atoms with Crippen LogP contribution in [0.3, 0.4) is 0 Å². The third-order valence-corrected chi connectivity index (χ3v) is 7.83. The van der Waals surface area contributed by atoms with E-state index in [-0.39, 0.29) is 0 Å². The molecule has 154 valence electrons. The predicted molar refractivity (Wildman–Crippen MR) is 114 cm³/mol. The molecule has 0 N–H and O–H groups in total. The van der Waals surface area contributed by atoms with E-state index >= 15 is 0 Å². The second-order valence-electron chi connectivity index (χ2n) is 7.31. The van der Waals surface area contributed by atoms with E-state index in [1.807, 2.05) is 36.4 Å². The quantitative estimate of drug-likeness (QED) is 0.492. The maximum Gasteiger partial charge on any atom is 0.126 e. The topological polar surface area (TPSA) is 54.0 Å². The third kappa shape index (κ3) is 5.68. The maximum absolute atomic E-state index is 14.0. The lowest BCUT2D eigenvalue weighted by molar-refractivity contribution is 0.391. The molecule has 0 spiro atoms. The fourth-order valence-corrected chi connectivity index (χ4v) is 6.90. The second kappa shape index (κ2) is 9.88. The molecule has 2 rings (SSSR count). The monoisotopic (exact) mass is 406 g/mol. The van der Waals surface area contributed by atoms with E-state index in [0.717, 1.165) is 22.6 Å². The minimum atomic E-state index is -2.59. The van der Waals surface area contributed by atoms with Crippen LogP contribution in [0.4, 0.5) is 0 Å². The molecule has 2 aromatic rings. The van der Waals surface area contributed by atoms with E-state index in [1.54, 1.807) is 28.4 Å². The van der Waals surface area contributed by atoms with Gasteiger partial charge < -0.3 is 23.5 Å². The molecule has 5 nitrogen and oxygen atoms in total. The number of methoxy groups -OCH3 is 4. The summed E-state index contributed by atoms with van der Waals surface area (Å²) in [6.45, 7) is 4.20. The Bertz CT molecular complexity index is 770. The molecule has 0 atom stereocenters. The van der Waals surface area contributed by atoms with Gasteiger partial charge in [-0.05, 0) is 18.1 Å². The molecule has 0 aliphatic rings. The molecule has 2 aromatic carbocycles. The number of hydrogen-bond acceptors (Lipinski definition) is 5. The van der Waals surface area contributed by atoms with Crippen LogP contribution in [0.5, 0.6) is 23.0 Å².